The number of piperidine rings is 1. The van der Waals surface area contributed by atoms with Gasteiger partial charge in [0.1, 0.15) is 0 Å². The van der Waals surface area contributed by atoms with Crippen molar-refractivity contribution in [2.24, 2.45) is 10.9 Å². The number of carbonyl (C=O) groups excluding carboxylic acids is 1. The van der Waals surface area contributed by atoms with E-state index in [9.17, 15) is 4.79 Å². The first kappa shape index (κ1) is 20.6. The summed E-state index contributed by atoms with van der Waals surface area (Å²) < 4.78 is 4.90. The Bertz CT molecular complexity index is 641. The van der Waals surface area contributed by atoms with Gasteiger partial charge in [-0.05, 0) is 44.7 Å². The molecule has 2 aliphatic heterocycles. The lowest BCUT2D eigenvalue weighted by Crippen LogP contribution is -2.47. The van der Waals surface area contributed by atoms with Crippen LogP contribution in [0.25, 0.3) is 0 Å². The molecule has 1 unspecified atom stereocenters. The highest BCUT2D eigenvalue weighted by atomic mass is 16.5. The summed E-state index contributed by atoms with van der Waals surface area (Å²) in [6, 6.07) is 11.2. The molecule has 1 aromatic carbocycles. The largest absolute Gasteiger partial charge is 0.469 e. The van der Waals surface area contributed by atoms with E-state index in [0.29, 0.717) is 6.04 Å². The molecule has 0 saturated carbocycles. The van der Waals surface area contributed by atoms with Crippen molar-refractivity contribution in [2.75, 3.05) is 39.8 Å². The van der Waals surface area contributed by atoms with Crippen LogP contribution in [0.15, 0.2) is 35.3 Å². The number of nitrogens with zero attached hydrogens (tertiary/aromatic N) is 3. The number of guanidine groups is 1. The van der Waals surface area contributed by atoms with Crippen LogP contribution in [0.2, 0.25) is 0 Å². The summed E-state index contributed by atoms with van der Waals surface area (Å²) >= 11 is 0. The fourth-order valence-electron chi connectivity index (χ4n) is 4.24. The second kappa shape index (κ2) is 10.5. The number of hydrogen-bond donors (Lipinski definition) is 1. The third-order valence-corrected chi connectivity index (χ3v) is 5.84. The molecule has 1 N–H and O–H groups in total. The summed E-state index contributed by atoms with van der Waals surface area (Å²) in [5.41, 5.74) is 1.37. The van der Waals surface area contributed by atoms with Crippen LogP contribution in [-0.2, 0) is 16.1 Å². The van der Waals surface area contributed by atoms with E-state index < -0.39 is 0 Å². The number of rotatable bonds is 6. The van der Waals surface area contributed by atoms with Crippen molar-refractivity contribution in [1.29, 1.82) is 0 Å². The van der Waals surface area contributed by atoms with Crippen LogP contribution < -0.4 is 5.32 Å². The van der Waals surface area contributed by atoms with Crippen LogP contribution in [0, 0.1) is 5.92 Å². The van der Waals surface area contributed by atoms with Crippen molar-refractivity contribution in [1.82, 2.24) is 15.1 Å². The van der Waals surface area contributed by atoms with Crippen molar-refractivity contribution in [3.05, 3.63) is 35.9 Å². The number of aliphatic imine (C=N–C) groups is 1. The van der Waals surface area contributed by atoms with E-state index in [1.807, 2.05) is 0 Å². The van der Waals surface area contributed by atoms with Gasteiger partial charge in [0.05, 0.1) is 19.6 Å². The molecule has 0 aliphatic carbocycles. The SMILES string of the molecule is CCNC(=NCC1CCCN1Cc1ccccc1)N1CCC(C(=O)OC)CC1. The fraction of sp³-hybridized carbons (Fsp3) is 0.636. The Hall–Kier alpha value is -2.08. The maximum atomic E-state index is 11.8. The Morgan fingerprint density at radius 2 is 1.93 bits per heavy atom. The van der Waals surface area contributed by atoms with E-state index in [1.165, 1.54) is 25.5 Å². The van der Waals surface area contributed by atoms with Crippen molar-refractivity contribution >= 4 is 11.9 Å². The second-order valence-corrected chi connectivity index (χ2v) is 7.73. The molecule has 2 heterocycles. The van der Waals surface area contributed by atoms with Crippen LogP contribution in [0.5, 0.6) is 0 Å². The molecule has 3 rings (SSSR count). The van der Waals surface area contributed by atoms with Gasteiger partial charge in [-0.2, -0.15) is 0 Å². The number of likely N-dealkylation sites (tertiary alicyclic amines) is 2. The molecule has 1 aromatic rings. The predicted molar refractivity (Wildman–Crippen MR) is 112 cm³/mol. The molecule has 2 fully saturated rings. The van der Waals surface area contributed by atoms with Gasteiger partial charge in [0.25, 0.3) is 0 Å². The van der Waals surface area contributed by atoms with E-state index in [2.05, 4.69) is 52.4 Å². The zero-order chi connectivity index (χ0) is 19.8. The Labute approximate surface area is 168 Å². The van der Waals surface area contributed by atoms with Crippen LogP contribution in [0.1, 0.15) is 38.2 Å². The topological polar surface area (TPSA) is 57.2 Å². The average Bonchev–Trinajstić information content (AvgIpc) is 3.18. The highest BCUT2D eigenvalue weighted by Gasteiger charge is 2.28. The van der Waals surface area contributed by atoms with E-state index in [0.717, 1.165) is 58.1 Å². The van der Waals surface area contributed by atoms with Gasteiger partial charge in [-0.25, -0.2) is 0 Å². The van der Waals surface area contributed by atoms with E-state index in [1.54, 1.807) is 0 Å². The molecule has 0 radical (unpaired) electrons. The molecule has 6 nitrogen and oxygen atoms in total. The first-order valence-corrected chi connectivity index (χ1v) is 10.6. The fourth-order valence-corrected chi connectivity index (χ4v) is 4.24. The molecule has 0 amide bonds. The standard InChI is InChI=1S/C22H34N4O2/c1-3-23-22(25-14-11-19(12-15-25)21(27)28-2)24-16-20-10-7-13-26(20)17-18-8-5-4-6-9-18/h4-6,8-9,19-20H,3,7,10-17H2,1-2H3,(H,23,24). The van der Waals surface area contributed by atoms with Crippen molar-refractivity contribution < 1.29 is 9.53 Å². The monoisotopic (exact) mass is 386 g/mol. The van der Waals surface area contributed by atoms with Gasteiger partial charge in [0.15, 0.2) is 5.96 Å². The van der Waals surface area contributed by atoms with Crippen molar-refractivity contribution in [2.45, 2.75) is 45.2 Å². The molecule has 0 bridgehead atoms. The first-order valence-electron chi connectivity index (χ1n) is 10.6. The van der Waals surface area contributed by atoms with Gasteiger partial charge in [0, 0.05) is 32.2 Å². The second-order valence-electron chi connectivity index (χ2n) is 7.73. The molecule has 2 saturated heterocycles. The van der Waals surface area contributed by atoms with Crippen molar-refractivity contribution in [3.63, 3.8) is 0 Å². The summed E-state index contributed by atoms with van der Waals surface area (Å²) in [6.45, 7) is 7.64. The molecule has 0 aromatic heterocycles. The van der Waals surface area contributed by atoms with Gasteiger partial charge < -0.3 is 15.0 Å². The molecule has 2 aliphatic rings. The molecule has 28 heavy (non-hydrogen) atoms. The molecule has 154 valence electrons. The van der Waals surface area contributed by atoms with Gasteiger partial charge >= 0.3 is 5.97 Å². The minimum absolute atomic E-state index is 0.0281. The lowest BCUT2D eigenvalue weighted by Gasteiger charge is -2.33. The third kappa shape index (κ3) is 5.47. The molecular formula is C22H34N4O2. The van der Waals surface area contributed by atoms with Gasteiger partial charge in [-0.1, -0.05) is 30.3 Å². The van der Waals surface area contributed by atoms with Gasteiger partial charge in [-0.3, -0.25) is 14.7 Å². The van der Waals surface area contributed by atoms with Crippen LogP contribution >= 0.6 is 0 Å². The normalized spacial score (nSPS) is 21.7. The van der Waals surface area contributed by atoms with E-state index in [4.69, 9.17) is 9.73 Å². The minimum Gasteiger partial charge on any atom is -0.469 e. The molecule has 1 atom stereocenters. The zero-order valence-electron chi connectivity index (χ0n) is 17.3. The highest BCUT2D eigenvalue weighted by Crippen LogP contribution is 2.21. The molecule has 0 spiro atoms. The summed E-state index contributed by atoms with van der Waals surface area (Å²) in [5, 5.41) is 3.44. The number of nitrogens with one attached hydrogen (secondary N) is 1. The number of esters is 1. The smallest absolute Gasteiger partial charge is 0.308 e. The summed E-state index contributed by atoms with van der Waals surface area (Å²) in [4.78, 5) is 21.6. The zero-order valence-corrected chi connectivity index (χ0v) is 17.3. The van der Waals surface area contributed by atoms with Gasteiger partial charge in [-0.15, -0.1) is 0 Å². The Kier molecular flexibility index (Phi) is 7.71. The van der Waals surface area contributed by atoms with E-state index >= 15 is 0 Å². The minimum atomic E-state index is -0.0795. The van der Waals surface area contributed by atoms with Crippen LogP contribution in [0.4, 0.5) is 0 Å². The average molecular weight is 387 g/mol. The maximum Gasteiger partial charge on any atom is 0.308 e. The number of methoxy groups -OCH3 is 1. The quantitative estimate of drug-likeness (QED) is 0.462. The number of hydrogen-bond acceptors (Lipinski definition) is 4. The highest BCUT2D eigenvalue weighted by molar-refractivity contribution is 5.80. The Balaban J connectivity index is 1.57. The maximum absolute atomic E-state index is 11.8. The Morgan fingerprint density at radius 3 is 2.61 bits per heavy atom. The first-order chi connectivity index (χ1) is 13.7. The third-order valence-electron chi connectivity index (χ3n) is 5.84. The number of ether oxygens (including phenoxy) is 1. The lowest BCUT2D eigenvalue weighted by molar-refractivity contribution is -0.146. The predicted octanol–water partition coefficient (Wildman–Crippen LogP) is 2.50. The van der Waals surface area contributed by atoms with Crippen LogP contribution in [-0.4, -0.2) is 67.6 Å². The lowest BCUT2D eigenvalue weighted by atomic mass is 9.97. The summed E-state index contributed by atoms with van der Waals surface area (Å²) in [7, 11) is 1.48. The molecular weight excluding hydrogens is 352 g/mol. The van der Waals surface area contributed by atoms with E-state index in [-0.39, 0.29) is 11.9 Å². The number of benzene rings is 1. The molecule has 6 heteroatoms. The Morgan fingerprint density at radius 1 is 1.18 bits per heavy atom. The summed E-state index contributed by atoms with van der Waals surface area (Å²) in [5.74, 6) is 0.932. The van der Waals surface area contributed by atoms with Gasteiger partial charge in [0.2, 0.25) is 0 Å². The van der Waals surface area contributed by atoms with Crippen LogP contribution in [0.3, 0.4) is 0 Å². The van der Waals surface area contributed by atoms with Crippen molar-refractivity contribution in [3.8, 4) is 0 Å². The summed E-state index contributed by atoms with van der Waals surface area (Å²) in [6.07, 6.45) is 4.12. The number of carbonyl (C=O) groups is 1.